The zero-order chi connectivity index (χ0) is 15.4. The van der Waals surface area contributed by atoms with Gasteiger partial charge in [-0.2, -0.15) is 0 Å². The van der Waals surface area contributed by atoms with Gasteiger partial charge in [0.25, 0.3) is 0 Å². The van der Waals surface area contributed by atoms with E-state index >= 15 is 0 Å². The van der Waals surface area contributed by atoms with Crippen molar-refractivity contribution in [1.82, 2.24) is 0 Å². The van der Waals surface area contributed by atoms with E-state index in [-0.39, 0.29) is 11.8 Å². The molecule has 0 radical (unpaired) electrons. The normalized spacial score (nSPS) is 25.4. The third-order valence-corrected chi connectivity index (χ3v) is 4.69. The van der Waals surface area contributed by atoms with Crippen LogP contribution in [0.5, 0.6) is 11.5 Å². The quantitative estimate of drug-likeness (QED) is 0.899. The highest BCUT2D eigenvalue weighted by molar-refractivity contribution is 5.72. The molecule has 0 amide bonds. The third kappa shape index (κ3) is 3.31. The monoisotopic (exact) mass is 292 g/mol. The first kappa shape index (κ1) is 15.7. The minimum atomic E-state index is -0.701. The summed E-state index contributed by atoms with van der Waals surface area (Å²) >= 11 is 0. The Morgan fingerprint density at radius 3 is 2.62 bits per heavy atom. The van der Waals surface area contributed by atoms with Crippen molar-refractivity contribution in [3.8, 4) is 11.5 Å². The van der Waals surface area contributed by atoms with Gasteiger partial charge in [-0.05, 0) is 36.8 Å². The van der Waals surface area contributed by atoms with Gasteiger partial charge < -0.3 is 14.6 Å². The van der Waals surface area contributed by atoms with E-state index in [0.717, 1.165) is 42.7 Å². The Morgan fingerprint density at radius 1 is 1.29 bits per heavy atom. The summed E-state index contributed by atoms with van der Waals surface area (Å²) in [6.07, 6.45) is 3.76. The van der Waals surface area contributed by atoms with Crippen LogP contribution in [0.1, 0.15) is 44.1 Å². The zero-order valence-electron chi connectivity index (χ0n) is 13.0. The number of benzene rings is 1. The van der Waals surface area contributed by atoms with Gasteiger partial charge in [-0.1, -0.05) is 19.4 Å². The van der Waals surface area contributed by atoms with Gasteiger partial charge in [0, 0.05) is 12.0 Å². The topological polar surface area (TPSA) is 55.8 Å². The van der Waals surface area contributed by atoms with Gasteiger partial charge in [0.2, 0.25) is 0 Å². The van der Waals surface area contributed by atoms with Crippen LogP contribution in [0.2, 0.25) is 0 Å². The fourth-order valence-corrected chi connectivity index (χ4v) is 3.39. The first-order valence-electron chi connectivity index (χ1n) is 7.55. The molecule has 0 aromatic heterocycles. The summed E-state index contributed by atoms with van der Waals surface area (Å²) in [5.41, 5.74) is 0.990. The average Bonchev–Trinajstić information content (AvgIpc) is 2.53. The lowest BCUT2D eigenvalue weighted by molar-refractivity contribution is -0.143. The van der Waals surface area contributed by atoms with Crippen LogP contribution in [0.25, 0.3) is 0 Å². The summed E-state index contributed by atoms with van der Waals surface area (Å²) in [7, 11) is 3.23. The molecule has 3 unspecified atom stereocenters. The Kier molecular flexibility index (Phi) is 5.10. The van der Waals surface area contributed by atoms with Gasteiger partial charge in [-0.3, -0.25) is 4.79 Å². The second-order valence-corrected chi connectivity index (χ2v) is 5.75. The summed E-state index contributed by atoms with van der Waals surface area (Å²) in [5, 5.41) is 9.53. The number of carboxylic acid groups (broad SMARTS) is 1. The lowest BCUT2D eigenvalue weighted by atomic mass is 9.70. The van der Waals surface area contributed by atoms with E-state index in [1.807, 2.05) is 18.2 Å². The van der Waals surface area contributed by atoms with Crippen LogP contribution in [0.15, 0.2) is 18.2 Å². The molecular formula is C17H24O4. The maximum Gasteiger partial charge on any atom is 0.307 e. The Hall–Kier alpha value is -1.71. The molecule has 1 aromatic rings. The van der Waals surface area contributed by atoms with Crippen molar-refractivity contribution in [2.24, 2.45) is 11.8 Å². The van der Waals surface area contributed by atoms with Gasteiger partial charge >= 0.3 is 5.97 Å². The second-order valence-electron chi connectivity index (χ2n) is 5.75. The number of methoxy groups -OCH3 is 2. The average molecular weight is 292 g/mol. The molecule has 4 heteroatoms. The number of hydrogen-bond donors (Lipinski definition) is 1. The number of hydrogen-bond acceptors (Lipinski definition) is 3. The highest BCUT2D eigenvalue weighted by Crippen LogP contribution is 2.45. The molecule has 1 aromatic carbocycles. The molecule has 1 N–H and O–H groups in total. The van der Waals surface area contributed by atoms with Crippen LogP contribution in [0.4, 0.5) is 0 Å². The fourth-order valence-electron chi connectivity index (χ4n) is 3.39. The molecule has 1 fully saturated rings. The Balaban J connectivity index is 2.37. The highest BCUT2D eigenvalue weighted by atomic mass is 16.5. The summed E-state index contributed by atoms with van der Waals surface area (Å²) in [5.74, 6) is 1.04. The van der Waals surface area contributed by atoms with Crippen molar-refractivity contribution in [3.63, 3.8) is 0 Å². The molecule has 2 rings (SSSR count). The van der Waals surface area contributed by atoms with Gasteiger partial charge in [0.15, 0.2) is 0 Å². The van der Waals surface area contributed by atoms with E-state index in [9.17, 15) is 9.90 Å². The predicted octanol–water partition coefficient (Wildman–Crippen LogP) is 3.70. The smallest absolute Gasteiger partial charge is 0.307 e. The Bertz CT molecular complexity index is 498. The molecule has 1 saturated carbocycles. The van der Waals surface area contributed by atoms with Crippen molar-refractivity contribution in [2.75, 3.05) is 14.2 Å². The van der Waals surface area contributed by atoms with Crippen molar-refractivity contribution >= 4 is 5.97 Å². The fraction of sp³-hybridized carbons (Fsp3) is 0.588. The molecular weight excluding hydrogens is 268 g/mol. The summed E-state index contributed by atoms with van der Waals surface area (Å²) in [6.45, 7) is 2.17. The first-order valence-corrected chi connectivity index (χ1v) is 7.55. The molecule has 4 nitrogen and oxygen atoms in total. The number of rotatable bonds is 5. The second kappa shape index (κ2) is 6.83. The highest BCUT2D eigenvalue weighted by Gasteiger charge is 2.36. The van der Waals surface area contributed by atoms with Crippen LogP contribution in [0, 0.1) is 11.8 Å². The molecule has 0 saturated heterocycles. The van der Waals surface area contributed by atoms with Crippen molar-refractivity contribution in [2.45, 2.75) is 38.5 Å². The first-order chi connectivity index (χ1) is 10.1. The van der Waals surface area contributed by atoms with E-state index in [2.05, 4.69) is 6.92 Å². The molecule has 116 valence electrons. The van der Waals surface area contributed by atoms with Crippen LogP contribution < -0.4 is 9.47 Å². The Morgan fingerprint density at radius 2 is 2.05 bits per heavy atom. The zero-order valence-corrected chi connectivity index (χ0v) is 13.0. The molecule has 0 bridgehead atoms. The van der Waals surface area contributed by atoms with E-state index in [1.165, 1.54) is 0 Å². The maximum absolute atomic E-state index is 11.6. The largest absolute Gasteiger partial charge is 0.497 e. The van der Waals surface area contributed by atoms with E-state index < -0.39 is 5.97 Å². The predicted molar refractivity (Wildman–Crippen MR) is 81.0 cm³/mol. The number of aliphatic carboxylic acids is 1. The standard InChI is InChI=1S/C17H24O4/c1-4-11-5-7-14(17(18)19)15(9-11)13-8-6-12(20-2)10-16(13)21-3/h6,8,10-11,14-15H,4-5,7,9H2,1-3H3,(H,18,19). The van der Waals surface area contributed by atoms with Crippen molar-refractivity contribution < 1.29 is 19.4 Å². The van der Waals surface area contributed by atoms with Crippen LogP contribution in [0.3, 0.4) is 0 Å². The van der Waals surface area contributed by atoms with Gasteiger partial charge in [-0.25, -0.2) is 0 Å². The number of carboxylic acids is 1. The van der Waals surface area contributed by atoms with Crippen LogP contribution in [-0.2, 0) is 4.79 Å². The molecule has 0 heterocycles. The summed E-state index contributed by atoms with van der Waals surface area (Å²) in [6, 6.07) is 5.67. The van der Waals surface area contributed by atoms with E-state index in [1.54, 1.807) is 14.2 Å². The SMILES string of the molecule is CCC1CCC(C(=O)O)C(c2ccc(OC)cc2OC)C1. The summed E-state index contributed by atoms with van der Waals surface area (Å²) in [4.78, 5) is 11.6. The molecule has 3 atom stereocenters. The minimum absolute atomic E-state index is 0.0158. The van der Waals surface area contributed by atoms with E-state index in [4.69, 9.17) is 9.47 Å². The summed E-state index contributed by atoms with van der Waals surface area (Å²) < 4.78 is 10.7. The van der Waals surface area contributed by atoms with E-state index in [0.29, 0.717) is 5.92 Å². The van der Waals surface area contributed by atoms with Crippen molar-refractivity contribution in [1.29, 1.82) is 0 Å². The molecule has 0 aliphatic heterocycles. The van der Waals surface area contributed by atoms with Gasteiger partial charge in [-0.15, -0.1) is 0 Å². The van der Waals surface area contributed by atoms with Crippen molar-refractivity contribution in [3.05, 3.63) is 23.8 Å². The van der Waals surface area contributed by atoms with Gasteiger partial charge in [0.05, 0.1) is 20.1 Å². The molecule has 0 spiro atoms. The number of ether oxygens (including phenoxy) is 2. The third-order valence-electron chi connectivity index (χ3n) is 4.69. The Labute approximate surface area is 126 Å². The molecule has 1 aliphatic carbocycles. The van der Waals surface area contributed by atoms with Crippen LogP contribution in [-0.4, -0.2) is 25.3 Å². The van der Waals surface area contributed by atoms with Crippen LogP contribution >= 0.6 is 0 Å². The maximum atomic E-state index is 11.6. The minimum Gasteiger partial charge on any atom is -0.497 e. The lowest BCUT2D eigenvalue weighted by Crippen LogP contribution is -2.29. The lowest BCUT2D eigenvalue weighted by Gasteiger charge is -2.34. The van der Waals surface area contributed by atoms with Gasteiger partial charge in [0.1, 0.15) is 11.5 Å². The molecule has 21 heavy (non-hydrogen) atoms. The molecule has 1 aliphatic rings. The number of carbonyl (C=O) groups is 1.